The molecule has 1 heterocycles. The van der Waals surface area contributed by atoms with Crippen LogP contribution in [0.4, 0.5) is 13.2 Å². The van der Waals surface area contributed by atoms with Gasteiger partial charge in [0.05, 0.1) is 17.1 Å². The maximum Gasteiger partial charge on any atom is 0.416 e. The van der Waals surface area contributed by atoms with Gasteiger partial charge in [0.25, 0.3) is 0 Å². The monoisotopic (exact) mass is 394 g/mol. The molecule has 2 aromatic rings. The van der Waals surface area contributed by atoms with Gasteiger partial charge in [0.15, 0.2) is 10.6 Å². The maximum atomic E-state index is 12.7. The SMILES string of the molecule is COC(=O)c1scc(Br)c1OCc1cccc(C(F)(F)F)c1. The third-order valence-electron chi connectivity index (χ3n) is 2.71. The normalized spacial score (nSPS) is 11.3. The summed E-state index contributed by atoms with van der Waals surface area (Å²) in [6, 6.07) is 4.83. The molecule has 0 unspecified atom stereocenters. The number of esters is 1. The highest BCUT2D eigenvalue weighted by Crippen LogP contribution is 2.36. The Balaban J connectivity index is 2.18. The molecule has 3 nitrogen and oxygen atoms in total. The van der Waals surface area contributed by atoms with Gasteiger partial charge in [0.2, 0.25) is 0 Å². The van der Waals surface area contributed by atoms with E-state index in [9.17, 15) is 18.0 Å². The number of benzene rings is 1. The van der Waals surface area contributed by atoms with E-state index in [0.29, 0.717) is 10.0 Å². The number of carbonyl (C=O) groups excluding carboxylic acids is 1. The number of carbonyl (C=O) groups is 1. The predicted octanol–water partition coefficient (Wildman–Crippen LogP) is 4.90. The van der Waals surface area contributed by atoms with Gasteiger partial charge in [-0.25, -0.2) is 4.79 Å². The molecule has 0 fully saturated rings. The van der Waals surface area contributed by atoms with Crippen LogP contribution in [0.2, 0.25) is 0 Å². The van der Waals surface area contributed by atoms with Crippen molar-refractivity contribution in [2.24, 2.45) is 0 Å². The van der Waals surface area contributed by atoms with Crippen molar-refractivity contribution in [3.05, 3.63) is 50.1 Å². The Morgan fingerprint density at radius 1 is 1.36 bits per heavy atom. The first kappa shape index (κ1) is 16.8. The van der Waals surface area contributed by atoms with Crippen LogP contribution in [-0.4, -0.2) is 13.1 Å². The van der Waals surface area contributed by atoms with Gasteiger partial charge in [0, 0.05) is 5.38 Å². The summed E-state index contributed by atoms with van der Waals surface area (Å²) in [7, 11) is 1.24. The first-order valence-corrected chi connectivity index (χ1v) is 7.64. The van der Waals surface area contributed by atoms with E-state index in [1.54, 1.807) is 5.38 Å². The lowest BCUT2D eigenvalue weighted by Gasteiger charge is -2.10. The van der Waals surface area contributed by atoms with Crippen molar-refractivity contribution >= 4 is 33.2 Å². The van der Waals surface area contributed by atoms with Crippen molar-refractivity contribution in [2.75, 3.05) is 7.11 Å². The first-order chi connectivity index (χ1) is 10.3. The van der Waals surface area contributed by atoms with Gasteiger partial charge in [-0.3, -0.25) is 0 Å². The van der Waals surface area contributed by atoms with Crippen LogP contribution in [0.3, 0.4) is 0 Å². The molecule has 0 amide bonds. The van der Waals surface area contributed by atoms with E-state index >= 15 is 0 Å². The Morgan fingerprint density at radius 3 is 2.73 bits per heavy atom. The highest BCUT2D eigenvalue weighted by molar-refractivity contribution is 9.10. The van der Waals surface area contributed by atoms with E-state index in [0.717, 1.165) is 23.5 Å². The summed E-state index contributed by atoms with van der Waals surface area (Å²) in [5.74, 6) is -0.302. The van der Waals surface area contributed by atoms with Crippen molar-refractivity contribution in [3.63, 3.8) is 0 Å². The minimum atomic E-state index is -4.41. The lowest BCUT2D eigenvalue weighted by molar-refractivity contribution is -0.137. The molecule has 1 aromatic heterocycles. The lowest BCUT2D eigenvalue weighted by Crippen LogP contribution is -2.07. The van der Waals surface area contributed by atoms with E-state index in [4.69, 9.17) is 4.74 Å². The second kappa shape index (κ2) is 6.70. The van der Waals surface area contributed by atoms with Crippen molar-refractivity contribution < 1.29 is 27.4 Å². The van der Waals surface area contributed by atoms with Gasteiger partial charge in [-0.2, -0.15) is 13.2 Å². The van der Waals surface area contributed by atoms with E-state index in [1.165, 1.54) is 19.2 Å². The average molecular weight is 395 g/mol. The summed E-state index contributed by atoms with van der Waals surface area (Å²) in [5.41, 5.74) is -0.394. The van der Waals surface area contributed by atoms with Gasteiger partial charge in [-0.15, -0.1) is 11.3 Å². The third-order valence-corrected chi connectivity index (χ3v) is 4.55. The number of alkyl halides is 3. The Bertz CT molecular complexity index is 682. The molecule has 0 aliphatic rings. The number of ether oxygens (including phenoxy) is 2. The van der Waals surface area contributed by atoms with Gasteiger partial charge < -0.3 is 9.47 Å². The van der Waals surface area contributed by atoms with E-state index in [1.807, 2.05) is 0 Å². The lowest BCUT2D eigenvalue weighted by atomic mass is 10.1. The number of rotatable bonds is 4. The van der Waals surface area contributed by atoms with Crippen LogP contribution in [0, 0.1) is 0 Å². The van der Waals surface area contributed by atoms with Gasteiger partial charge in [-0.1, -0.05) is 12.1 Å². The summed E-state index contributed by atoms with van der Waals surface area (Å²) >= 11 is 4.36. The molecule has 0 saturated heterocycles. The van der Waals surface area contributed by atoms with E-state index < -0.39 is 17.7 Å². The Kier molecular flexibility index (Phi) is 5.12. The molecule has 0 radical (unpaired) electrons. The van der Waals surface area contributed by atoms with Gasteiger partial charge >= 0.3 is 12.1 Å². The molecule has 8 heteroatoms. The molecule has 0 aliphatic carbocycles. The summed E-state index contributed by atoms with van der Waals surface area (Å²) in [4.78, 5) is 11.8. The second-order valence-corrected chi connectivity index (χ2v) is 5.95. The summed E-state index contributed by atoms with van der Waals surface area (Å²) in [6.45, 7) is -0.0940. The zero-order valence-corrected chi connectivity index (χ0v) is 13.6. The topological polar surface area (TPSA) is 35.5 Å². The maximum absolute atomic E-state index is 12.7. The molecule has 0 saturated carbocycles. The fourth-order valence-electron chi connectivity index (χ4n) is 1.69. The minimum absolute atomic E-state index is 0.0940. The Hall–Kier alpha value is -1.54. The van der Waals surface area contributed by atoms with Crippen molar-refractivity contribution in [2.45, 2.75) is 12.8 Å². The van der Waals surface area contributed by atoms with Crippen LogP contribution in [0.15, 0.2) is 34.1 Å². The smallest absolute Gasteiger partial charge is 0.416 e. The van der Waals surface area contributed by atoms with Crippen LogP contribution in [0.25, 0.3) is 0 Å². The number of halogens is 4. The number of methoxy groups -OCH3 is 1. The molecule has 0 bridgehead atoms. The quantitative estimate of drug-likeness (QED) is 0.692. The summed E-state index contributed by atoms with van der Waals surface area (Å²) < 4.78 is 48.6. The molecule has 0 aliphatic heterocycles. The van der Waals surface area contributed by atoms with Crippen LogP contribution < -0.4 is 4.74 Å². The molecule has 118 valence electrons. The number of thiophene rings is 1. The van der Waals surface area contributed by atoms with Crippen LogP contribution in [0.1, 0.15) is 20.8 Å². The Morgan fingerprint density at radius 2 is 2.09 bits per heavy atom. The highest BCUT2D eigenvalue weighted by atomic mass is 79.9. The number of hydrogen-bond acceptors (Lipinski definition) is 4. The second-order valence-electron chi connectivity index (χ2n) is 4.22. The molecule has 0 atom stereocenters. The number of hydrogen-bond donors (Lipinski definition) is 0. The average Bonchev–Trinajstić information content (AvgIpc) is 2.85. The van der Waals surface area contributed by atoms with Crippen molar-refractivity contribution in [1.82, 2.24) is 0 Å². The highest BCUT2D eigenvalue weighted by Gasteiger charge is 2.30. The molecular weight excluding hydrogens is 385 g/mol. The standard InChI is InChI=1S/C14H10BrF3O3S/c1-20-13(19)12-11(10(15)7-22-12)21-6-8-3-2-4-9(5-8)14(16,17)18/h2-5,7H,6H2,1H3. The van der Waals surface area contributed by atoms with Crippen LogP contribution in [-0.2, 0) is 17.5 Å². The van der Waals surface area contributed by atoms with Gasteiger partial charge in [-0.05, 0) is 33.6 Å². The predicted molar refractivity (Wildman–Crippen MR) is 79.1 cm³/mol. The molecular formula is C14H10BrF3O3S. The molecule has 0 N–H and O–H groups in total. The van der Waals surface area contributed by atoms with Crippen molar-refractivity contribution in [1.29, 1.82) is 0 Å². The van der Waals surface area contributed by atoms with Gasteiger partial charge in [0.1, 0.15) is 6.61 Å². The Labute approximate surface area is 136 Å². The van der Waals surface area contributed by atoms with Crippen LogP contribution >= 0.6 is 27.3 Å². The van der Waals surface area contributed by atoms with E-state index in [-0.39, 0.29) is 17.2 Å². The molecule has 0 spiro atoms. The molecule has 2 rings (SSSR count). The zero-order valence-electron chi connectivity index (χ0n) is 11.2. The summed E-state index contributed by atoms with van der Waals surface area (Å²) in [5, 5.41) is 1.65. The zero-order chi connectivity index (χ0) is 16.3. The summed E-state index contributed by atoms with van der Waals surface area (Å²) in [6.07, 6.45) is -4.41. The van der Waals surface area contributed by atoms with E-state index in [2.05, 4.69) is 20.7 Å². The molecule has 1 aromatic carbocycles. The van der Waals surface area contributed by atoms with Crippen molar-refractivity contribution in [3.8, 4) is 5.75 Å². The fraction of sp³-hybridized carbons (Fsp3) is 0.214. The fourth-order valence-corrected chi connectivity index (χ4v) is 3.20. The van der Waals surface area contributed by atoms with Crippen LogP contribution in [0.5, 0.6) is 5.75 Å². The largest absolute Gasteiger partial charge is 0.486 e. The molecule has 22 heavy (non-hydrogen) atoms. The third kappa shape index (κ3) is 3.80. The first-order valence-electron chi connectivity index (χ1n) is 5.97. The minimum Gasteiger partial charge on any atom is -0.486 e.